The van der Waals surface area contributed by atoms with E-state index in [0.717, 1.165) is 33.6 Å². The van der Waals surface area contributed by atoms with Gasteiger partial charge in [0.15, 0.2) is 0 Å². The molecule has 1 N–H and O–H groups in total. The molecule has 33 heavy (non-hydrogen) atoms. The Hall–Kier alpha value is -3.70. The summed E-state index contributed by atoms with van der Waals surface area (Å²) in [5.41, 5.74) is 5.19. The SMILES string of the molecule is CNC1CCCCC1N(C)c1ccc(-c2cc(-c3cnn(C)c3)cn3ncc(C#N)c23)cn1. The Bertz CT molecular complexity index is 1310. The van der Waals surface area contributed by atoms with E-state index in [1.807, 2.05) is 38.9 Å². The number of pyridine rings is 2. The Morgan fingerprint density at radius 2 is 1.91 bits per heavy atom. The Balaban J connectivity index is 1.54. The van der Waals surface area contributed by atoms with Gasteiger partial charge in [-0.2, -0.15) is 15.5 Å². The highest BCUT2D eigenvalue weighted by Gasteiger charge is 2.28. The van der Waals surface area contributed by atoms with Gasteiger partial charge in [-0.3, -0.25) is 4.68 Å². The monoisotopic (exact) mass is 440 g/mol. The maximum Gasteiger partial charge on any atom is 0.128 e. The topological polar surface area (TPSA) is 87.1 Å². The van der Waals surface area contributed by atoms with Gasteiger partial charge in [-0.15, -0.1) is 0 Å². The predicted molar refractivity (Wildman–Crippen MR) is 129 cm³/mol. The van der Waals surface area contributed by atoms with Crippen molar-refractivity contribution in [2.24, 2.45) is 7.05 Å². The third-order valence-corrected chi connectivity index (χ3v) is 6.79. The molecule has 4 aromatic heterocycles. The number of nitriles is 1. The summed E-state index contributed by atoms with van der Waals surface area (Å²) in [5, 5.41) is 21.9. The standard InChI is InChI=1S/C25H28N8/c1-27-22-6-4-5-7-23(22)32(3)24-9-8-17(12-28-24)21-10-18(20-14-29-31(2)15-20)16-33-25(21)19(11-26)13-30-33/h8-10,12-16,22-23,27H,4-7H2,1-3H3. The molecular weight excluding hydrogens is 412 g/mol. The van der Waals surface area contributed by atoms with E-state index in [2.05, 4.69) is 51.7 Å². The molecule has 8 nitrogen and oxygen atoms in total. The van der Waals surface area contributed by atoms with Gasteiger partial charge in [0, 0.05) is 67.0 Å². The van der Waals surface area contributed by atoms with Crippen molar-refractivity contribution in [3.63, 3.8) is 0 Å². The highest BCUT2D eigenvalue weighted by atomic mass is 15.2. The van der Waals surface area contributed by atoms with Crippen LogP contribution in [-0.4, -0.2) is 50.6 Å². The predicted octanol–water partition coefficient (Wildman–Crippen LogP) is 3.64. The lowest BCUT2D eigenvalue weighted by atomic mass is 9.89. The lowest BCUT2D eigenvalue weighted by Gasteiger charge is -2.38. The zero-order chi connectivity index (χ0) is 22.9. The summed E-state index contributed by atoms with van der Waals surface area (Å²) in [6, 6.07) is 9.44. The van der Waals surface area contributed by atoms with Crippen molar-refractivity contribution in [2.45, 2.75) is 37.8 Å². The van der Waals surface area contributed by atoms with E-state index in [9.17, 15) is 5.26 Å². The number of hydrogen-bond donors (Lipinski definition) is 1. The van der Waals surface area contributed by atoms with E-state index < -0.39 is 0 Å². The molecule has 0 bridgehead atoms. The molecule has 8 heteroatoms. The Kier molecular flexibility index (Phi) is 5.56. The molecule has 4 heterocycles. The van der Waals surface area contributed by atoms with E-state index in [1.54, 1.807) is 15.4 Å². The minimum atomic E-state index is 0.433. The van der Waals surface area contributed by atoms with E-state index in [-0.39, 0.29) is 0 Å². The van der Waals surface area contributed by atoms with Crippen LogP contribution in [0.15, 0.2) is 49.2 Å². The van der Waals surface area contributed by atoms with Crippen molar-refractivity contribution in [2.75, 3.05) is 19.0 Å². The molecule has 2 atom stereocenters. The Labute approximate surface area is 193 Å². The molecule has 4 aromatic rings. The number of fused-ring (bicyclic) bond motifs is 1. The number of aromatic nitrogens is 5. The summed E-state index contributed by atoms with van der Waals surface area (Å²) < 4.78 is 3.55. The summed E-state index contributed by atoms with van der Waals surface area (Å²) in [6.45, 7) is 0. The van der Waals surface area contributed by atoms with Gasteiger partial charge in [0.2, 0.25) is 0 Å². The molecule has 0 spiro atoms. The average molecular weight is 441 g/mol. The fraction of sp³-hybridized carbons (Fsp3) is 0.360. The van der Waals surface area contributed by atoms with Crippen LogP contribution in [-0.2, 0) is 7.05 Å². The minimum Gasteiger partial charge on any atom is -0.355 e. The third kappa shape index (κ3) is 3.85. The maximum atomic E-state index is 9.65. The second-order valence-electron chi connectivity index (χ2n) is 8.77. The summed E-state index contributed by atoms with van der Waals surface area (Å²) in [5.74, 6) is 0.958. The lowest BCUT2D eigenvalue weighted by molar-refractivity contribution is 0.334. The highest BCUT2D eigenvalue weighted by Crippen LogP contribution is 2.33. The Morgan fingerprint density at radius 1 is 1.06 bits per heavy atom. The number of aryl methyl sites for hydroxylation is 1. The zero-order valence-electron chi connectivity index (χ0n) is 19.2. The maximum absolute atomic E-state index is 9.65. The van der Waals surface area contributed by atoms with Crippen molar-refractivity contribution in [3.8, 4) is 28.3 Å². The van der Waals surface area contributed by atoms with Crippen LogP contribution in [0.5, 0.6) is 0 Å². The van der Waals surface area contributed by atoms with Gasteiger partial charge in [0.1, 0.15) is 11.9 Å². The van der Waals surface area contributed by atoms with Crippen molar-refractivity contribution in [1.82, 2.24) is 29.7 Å². The fourth-order valence-electron chi connectivity index (χ4n) is 4.99. The van der Waals surface area contributed by atoms with Crippen LogP contribution in [0.3, 0.4) is 0 Å². The van der Waals surface area contributed by atoms with Crippen LogP contribution < -0.4 is 10.2 Å². The van der Waals surface area contributed by atoms with E-state index in [1.165, 1.54) is 25.7 Å². The smallest absolute Gasteiger partial charge is 0.128 e. The molecular formula is C25H28N8. The van der Waals surface area contributed by atoms with Gasteiger partial charge in [-0.1, -0.05) is 12.8 Å². The van der Waals surface area contributed by atoms with Crippen molar-refractivity contribution < 1.29 is 0 Å². The molecule has 5 rings (SSSR count). The Morgan fingerprint density at radius 3 is 2.61 bits per heavy atom. The summed E-state index contributed by atoms with van der Waals surface area (Å²) in [7, 11) is 6.08. The van der Waals surface area contributed by atoms with Gasteiger partial charge < -0.3 is 10.2 Å². The second kappa shape index (κ2) is 8.68. The number of rotatable bonds is 5. The zero-order valence-corrected chi connectivity index (χ0v) is 19.2. The molecule has 0 aromatic carbocycles. The molecule has 0 radical (unpaired) electrons. The van der Waals surface area contributed by atoms with E-state index in [4.69, 9.17) is 4.98 Å². The number of anilines is 1. The van der Waals surface area contributed by atoms with Crippen LogP contribution in [0.1, 0.15) is 31.2 Å². The molecule has 1 aliphatic rings. The van der Waals surface area contributed by atoms with Crippen molar-refractivity contribution in [3.05, 3.63) is 54.7 Å². The summed E-state index contributed by atoms with van der Waals surface area (Å²) >= 11 is 0. The average Bonchev–Trinajstić information content (AvgIpc) is 3.49. The number of nitrogens with zero attached hydrogens (tertiary/aromatic N) is 7. The normalized spacial score (nSPS) is 18.4. The first-order valence-electron chi connectivity index (χ1n) is 11.4. The first kappa shape index (κ1) is 21.2. The fourth-order valence-corrected chi connectivity index (χ4v) is 4.99. The van der Waals surface area contributed by atoms with Gasteiger partial charge in [0.05, 0.1) is 23.5 Å². The summed E-state index contributed by atoms with van der Waals surface area (Å²) in [6.07, 6.45) is 14.1. The molecule has 1 saturated carbocycles. The molecule has 168 valence electrons. The van der Waals surface area contributed by atoms with Gasteiger partial charge in [-0.05, 0) is 38.1 Å². The first-order chi connectivity index (χ1) is 16.1. The minimum absolute atomic E-state index is 0.433. The lowest BCUT2D eigenvalue weighted by Crippen LogP contribution is -2.49. The van der Waals surface area contributed by atoms with Crippen LogP contribution in [0.4, 0.5) is 5.82 Å². The quantitative estimate of drug-likeness (QED) is 0.510. The summed E-state index contributed by atoms with van der Waals surface area (Å²) in [4.78, 5) is 7.12. The first-order valence-corrected chi connectivity index (χ1v) is 11.4. The number of hydrogen-bond acceptors (Lipinski definition) is 6. The van der Waals surface area contributed by atoms with Crippen molar-refractivity contribution >= 4 is 11.3 Å². The molecule has 0 amide bonds. The van der Waals surface area contributed by atoms with Crippen LogP contribution in [0.25, 0.3) is 27.8 Å². The molecule has 0 aliphatic heterocycles. The third-order valence-electron chi connectivity index (χ3n) is 6.79. The molecule has 1 aliphatic carbocycles. The van der Waals surface area contributed by atoms with Crippen molar-refractivity contribution in [1.29, 1.82) is 5.26 Å². The number of nitrogens with one attached hydrogen (secondary N) is 1. The second-order valence-corrected chi connectivity index (χ2v) is 8.77. The van der Waals surface area contributed by atoms with Crippen LogP contribution in [0, 0.1) is 11.3 Å². The van der Waals surface area contributed by atoms with Gasteiger partial charge in [-0.25, -0.2) is 9.50 Å². The number of likely N-dealkylation sites (N-methyl/N-ethyl adjacent to an activating group) is 2. The van der Waals surface area contributed by atoms with E-state index >= 15 is 0 Å². The molecule has 0 saturated heterocycles. The highest BCUT2D eigenvalue weighted by molar-refractivity contribution is 5.87. The van der Waals surface area contributed by atoms with Gasteiger partial charge in [0.25, 0.3) is 0 Å². The molecule has 1 fully saturated rings. The largest absolute Gasteiger partial charge is 0.355 e. The van der Waals surface area contributed by atoms with Gasteiger partial charge >= 0.3 is 0 Å². The van der Waals surface area contributed by atoms with Crippen LogP contribution in [0.2, 0.25) is 0 Å². The van der Waals surface area contributed by atoms with Crippen LogP contribution >= 0.6 is 0 Å². The molecule has 2 unspecified atom stereocenters. The van der Waals surface area contributed by atoms with E-state index in [0.29, 0.717) is 17.6 Å².